The van der Waals surface area contributed by atoms with E-state index in [4.69, 9.17) is 31.3 Å². The van der Waals surface area contributed by atoms with Gasteiger partial charge in [0.1, 0.15) is 23.3 Å². The van der Waals surface area contributed by atoms with Crippen molar-refractivity contribution in [2.24, 2.45) is 5.84 Å². The van der Waals surface area contributed by atoms with Gasteiger partial charge in [-0.2, -0.15) is 0 Å². The van der Waals surface area contributed by atoms with E-state index in [-0.39, 0.29) is 6.04 Å². The number of nitrogens with one attached hydrogen (secondary N) is 1. The number of furan rings is 1. The molecule has 0 saturated heterocycles. The molecule has 0 radical (unpaired) electrons. The van der Waals surface area contributed by atoms with Crippen molar-refractivity contribution in [2.75, 3.05) is 14.2 Å². The van der Waals surface area contributed by atoms with Crippen LogP contribution in [0.4, 0.5) is 0 Å². The molecule has 0 amide bonds. The van der Waals surface area contributed by atoms with Crippen LogP contribution < -0.4 is 20.7 Å². The third kappa shape index (κ3) is 2.84. The fourth-order valence-corrected chi connectivity index (χ4v) is 2.03. The van der Waals surface area contributed by atoms with E-state index in [0.717, 1.165) is 5.56 Å². The van der Waals surface area contributed by atoms with Gasteiger partial charge in [-0.25, -0.2) is 5.43 Å². The largest absolute Gasteiger partial charge is 0.497 e. The van der Waals surface area contributed by atoms with E-state index >= 15 is 0 Å². The predicted octanol–water partition coefficient (Wildman–Crippen LogP) is 2.50. The summed E-state index contributed by atoms with van der Waals surface area (Å²) in [5, 5.41) is 0.303. The van der Waals surface area contributed by atoms with E-state index in [2.05, 4.69) is 5.43 Å². The highest BCUT2D eigenvalue weighted by Crippen LogP contribution is 2.33. The Kier molecular flexibility index (Phi) is 4.31. The maximum absolute atomic E-state index is 5.79. The van der Waals surface area contributed by atoms with Crippen LogP contribution >= 0.6 is 11.6 Å². The van der Waals surface area contributed by atoms with Gasteiger partial charge in [0.2, 0.25) is 0 Å². The zero-order valence-electron chi connectivity index (χ0n) is 10.6. The molecule has 0 bridgehead atoms. The summed E-state index contributed by atoms with van der Waals surface area (Å²) in [4.78, 5) is 0. The van der Waals surface area contributed by atoms with Gasteiger partial charge in [0.15, 0.2) is 5.22 Å². The Hall–Kier alpha value is -1.69. The summed E-state index contributed by atoms with van der Waals surface area (Å²) in [5.74, 6) is 7.59. The smallest absolute Gasteiger partial charge is 0.193 e. The number of methoxy groups -OCH3 is 2. The topological polar surface area (TPSA) is 69.7 Å². The molecule has 0 fully saturated rings. The fraction of sp³-hybridized carbons (Fsp3) is 0.231. The lowest BCUT2D eigenvalue weighted by Crippen LogP contribution is -2.28. The lowest BCUT2D eigenvalue weighted by atomic mass is 10.0. The van der Waals surface area contributed by atoms with Crippen molar-refractivity contribution in [3.05, 3.63) is 46.9 Å². The normalized spacial score (nSPS) is 12.2. The number of hydrogen-bond acceptors (Lipinski definition) is 5. The number of benzene rings is 1. The van der Waals surface area contributed by atoms with Gasteiger partial charge in [-0.1, -0.05) is 0 Å². The first kappa shape index (κ1) is 13.7. The van der Waals surface area contributed by atoms with Gasteiger partial charge in [0.25, 0.3) is 0 Å². The molecule has 0 aliphatic rings. The number of rotatable bonds is 5. The van der Waals surface area contributed by atoms with E-state index in [1.807, 2.05) is 18.2 Å². The van der Waals surface area contributed by atoms with Crippen LogP contribution in [0.5, 0.6) is 11.5 Å². The van der Waals surface area contributed by atoms with Crippen molar-refractivity contribution in [2.45, 2.75) is 6.04 Å². The van der Waals surface area contributed by atoms with Crippen LogP contribution in [0.25, 0.3) is 0 Å². The summed E-state index contributed by atoms with van der Waals surface area (Å²) in [6, 6.07) is 8.49. The van der Waals surface area contributed by atoms with Gasteiger partial charge in [-0.15, -0.1) is 0 Å². The number of ether oxygens (including phenoxy) is 2. The van der Waals surface area contributed by atoms with Crippen LogP contribution in [0.3, 0.4) is 0 Å². The van der Waals surface area contributed by atoms with Crippen LogP contribution in [0, 0.1) is 0 Å². The molecule has 102 valence electrons. The van der Waals surface area contributed by atoms with Crippen molar-refractivity contribution in [1.29, 1.82) is 0 Å². The van der Waals surface area contributed by atoms with Crippen LogP contribution in [0.1, 0.15) is 17.4 Å². The second-order valence-corrected chi connectivity index (χ2v) is 4.22. The number of hydrazine groups is 1. The molecule has 5 nitrogen and oxygen atoms in total. The Morgan fingerprint density at radius 3 is 2.53 bits per heavy atom. The first-order valence-corrected chi connectivity index (χ1v) is 6.00. The number of nitrogens with two attached hydrogens (primary N) is 1. The highest BCUT2D eigenvalue weighted by Gasteiger charge is 2.21. The summed E-state index contributed by atoms with van der Waals surface area (Å²) in [6.07, 6.45) is 0. The Balaban J connectivity index is 2.47. The Morgan fingerprint density at radius 2 is 2.00 bits per heavy atom. The molecule has 1 unspecified atom stereocenters. The average molecular weight is 283 g/mol. The number of hydrogen-bond donors (Lipinski definition) is 2. The quantitative estimate of drug-likeness (QED) is 0.651. The second kappa shape index (κ2) is 5.97. The molecular weight excluding hydrogens is 268 g/mol. The molecule has 2 aromatic rings. The third-order valence-electron chi connectivity index (χ3n) is 2.79. The molecular formula is C13H15ClN2O3. The van der Waals surface area contributed by atoms with Crippen LogP contribution in [-0.2, 0) is 0 Å². The molecule has 19 heavy (non-hydrogen) atoms. The molecule has 0 spiro atoms. The molecule has 0 aliphatic heterocycles. The van der Waals surface area contributed by atoms with Crippen molar-refractivity contribution >= 4 is 11.6 Å². The van der Waals surface area contributed by atoms with E-state index in [1.165, 1.54) is 0 Å². The van der Waals surface area contributed by atoms with E-state index in [9.17, 15) is 0 Å². The minimum Gasteiger partial charge on any atom is -0.497 e. The molecule has 3 N–H and O–H groups in total. The molecule has 1 atom stereocenters. The second-order valence-electron chi connectivity index (χ2n) is 3.85. The standard InChI is InChI=1S/C13H15ClN2O3/c1-17-8-3-4-10(18-2)9(7-8)13(16-15)11-5-6-12(14)19-11/h3-7,13,16H,15H2,1-2H3. The lowest BCUT2D eigenvalue weighted by Gasteiger charge is -2.18. The zero-order chi connectivity index (χ0) is 13.8. The molecule has 0 saturated carbocycles. The number of halogens is 1. The zero-order valence-corrected chi connectivity index (χ0v) is 11.4. The summed E-state index contributed by atoms with van der Waals surface area (Å²) < 4.78 is 15.9. The fourth-order valence-electron chi connectivity index (χ4n) is 1.87. The molecule has 1 aromatic heterocycles. The summed E-state index contributed by atoms with van der Waals surface area (Å²) in [5.41, 5.74) is 3.49. The van der Waals surface area contributed by atoms with E-state index in [0.29, 0.717) is 22.5 Å². The van der Waals surface area contributed by atoms with Crippen molar-refractivity contribution in [3.63, 3.8) is 0 Å². The van der Waals surface area contributed by atoms with Gasteiger partial charge in [0.05, 0.1) is 14.2 Å². The van der Waals surface area contributed by atoms with Crippen molar-refractivity contribution in [3.8, 4) is 11.5 Å². The van der Waals surface area contributed by atoms with Crippen LogP contribution in [0.15, 0.2) is 34.7 Å². The van der Waals surface area contributed by atoms with Crippen molar-refractivity contribution < 1.29 is 13.9 Å². The van der Waals surface area contributed by atoms with Gasteiger partial charge in [0, 0.05) is 5.56 Å². The van der Waals surface area contributed by atoms with Gasteiger partial charge in [-0.3, -0.25) is 5.84 Å². The van der Waals surface area contributed by atoms with Crippen LogP contribution in [0.2, 0.25) is 5.22 Å². The minimum absolute atomic E-state index is 0.303. The minimum atomic E-state index is -0.377. The van der Waals surface area contributed by atoms with Gasteiger partial charge >= 0.3 is 0 Å². The summed E-state index contributed by atoms with van der Waals surface area (Å²) >= 11 is 5.79. The highest BCUT2D eigenvalue weighted by atomic mass is 35.5. The van der Waals surface area contributed by atoms with E-state index < -0.39 is 0 Å². The maximum Gasteiger partial charge on any atom is 0.193 e. The van der Waals surface area contributed by atoms with Gasteiger partial charge < -0.3 is 13.9 Å². The SMILES string of the molecule is COc1ccc(OC)c(C(NN)c2ccc(Cl)o2)c1. The molecule has 0 aliphatic carbocycles. The highest BCUT2D eigenvalue weighted by molar-refractivity contribution is 6.28. The third-order valence-corrected chi connectivity index (χ3v) is 3.00. The van der Waals surface area contributed by atoms with Gasteiger partial charge in [-0.05, 0) is 41.9 Å². The van der Waals surface area contributed by atoms with E-state index in [1.54, 1.807) is 26.4 Å². The molecule has 1 heterocycles. The molecule has 2 rings (SSSR count). The Labute approximate surface area is 116 Å². The predicted molar refractivity (Wildman–Crippen MR) is 72.4 cm³/mol. The summed E-state index contributed by atoms with van der Waals surface area (Å²) in [7, 11) is 3.19. The first-order valence-electron chi connectivity index (χ1n) is 5.63. The Bertz CT molecular complexity index is 557. The first-order chi connectivity index (χ1) is 9.19. The molecule has 1 aromatic carbocycles. The monoisotopic (exact) mass is 282 g/mol. The molecule has 6 heteroatoms. The average Bonchev–Trinajstić information content (AvgIpc) is 2.86. The lowest BCUT2D eigenvalue weighted by molar-refractivity contribution is 0.385. The summed E-state index contributed by atoms with van der Waals surface area (Å²) in [6.45, 7) is 0. The van der Waals surface area contributed by atoms with Crippen LogP contribution in [-0.4, -0.2) is 14.2 Å². The Morgan fingerprint density at radius 1 is 1.21 bits per heavy atom. The van der Waals surface area contributed by atoms with Crippen molar-refractivity contribution in [1.82, 2.24) is 5.43 Å². The maximum atomic E-state index is 5.79.